The first-order valence-corrected chi connectivity index (χ1v) is 4.56. The Hall–Kier alpha value is -1.91. The quantitative estimate of drug-likeness (QED) is 0.746. The van der Waals surface area contributed by atoms with Crippen molar-refractivity contribution in [3.8, 4) is 5.88 Å². The number of hydrogen-bond acceptors (Lipinski definition) is 4. The van der Waals surface area contributed by atoms with E-state index in [1.54, 1.807) is 32.6 Å². The van der Waals surface area contributed by atoms with E-state index in [4.69, 9.17) is 4.74 Å². The minimum Gasteiger partial charge on any atom is -0.480 e. The predicted octanol–water partition coefficient (Wildman–Crippen LogP) is 0.869. The third-order valence-electron chi connectivity index (χ3n) is 2.09. The number of imidazole rings is 1. The summed E-state index contributed by atoms with van der Waals surface area (Å²) < 4.78 is 6.82. The number of ether oxygens (including phenoxy) is 1. The summed E-state index contributed by atoms with van der Waals surface area (Å²) in [6, 6.07) is 0. The van der Waals surface area contributed by atoms with E-state index in [0.29, 0.717) is 17.9 Å². The number of ketones is 1. The third kappa shape index (κ3) is 1.81. The molecule has 5 nitrogen and oxygen atoms in total. The van der Waals surface area contributed by atoms with Crippen LogP contribution in [0.2, 0.25) is 0 Å². The molecule has 5 heteroatoms. The van der Waals surface area contributed by atoms with Crippen LogP contribution in [0.5, 0.6) is 5.88 Å². The summed E-state index contributed by atoms with van der Waals surface area (Å²) in [6.45, 7) is 1.55. The van der Waals surface area contributed by atoms with Crippen LogP contribution in [-0.4, -0.2) is 27.3 Å². The molecule has 0 N–H and O–H groups in total. The highest BCUT2D eigenvalue weighted by atomic mass is 16.5. The fourth-order valence-electron chi connectivity index (χ4n) is 1.41. The van der Waals surface area contributed by atoms with Gasteiger partial charge in [-0.05, 0) is 6.92 Å². The lowest BCUT2D eigenvalue weighted by molar-refractivity contribution is -0.116. The molecule has 0 saturated carbocycles. The molecule has 0 aromatic carbocycles. The van der Waals surface area contributed by atoms with Gasteiger partial charge in [0.15, 0.2) is 5.65 Å². The van der Waals surface area contributed by atoms with E-state index in [1.165, 1.54) is 0 Å². The topological polar surface area (TPSA) is 56.5 Å². The molecule has 0 aliphatic heterocycles. The number of fused-ring (bicyclic) bond motifs is 1. The first-order valence-electron chi connectivity index (χ1n) is 4.56. The number of methoxy groups -OCH3 is 1. The van der Waals surface area contributed by atoms with E-state index in [-0.39, 0.29) is 5.78 Å². The molecule has 0 radical (unpaired) electrons. The van der Waals surface area contributed by atoms with E-state index >= 15 is 0 Å². The van der Waals surface area contributed by atoms with Crippen molar-refractivity contribution < 1.29 is 9.53 Å². The van der Waals surface area contributed by atoms with Gasteiger partial charge in [0.2, 0.25) is 5.88 Å². The molecule has 0 aliphatic rings. The van der Waals surface area contributed by atoms with Gasteiger partial charge in [0, 0.05) is 12.6 Å². The summed E-state index contributed by atoms with van der Waals surface area (Å²) in [7, 11) is 1.55. The second kappa shape index (κ2) is 3.68. The molecule has 0 aliphatic carbocycles. The molecule has 0 unspecified atom stereocenters. The van der Waals surface area contributed by atoms with Crippen molar-refractivity contribution in [2.45, 2.75) is 13.3 Å². The van der Waals surface area contributed by atoms with Gasteiger partial charge in [-0.25, -0.2) is 9.97 Å². The smallest absolute Gasteiger partial charge is 0.230 e. The molecule has 2 rings (SSSR count). The summed E-state index contributed by atoms with van der Waals surface area (Å²) in [5.41, 5.74) is 1.56. The van der Waals surface area contributed by atoms with Crippen molar-refractivity contribution >= 4 is 11.4 Å². The van der Waals surface area contributed by atoms with Crippen LogP contribution in [0.25, 0.3) is 5.65 Å². The molecule has 0 saturated heterocycles. The molecule has 0 amide bonds. The zero-order valence-electron chi connectivity index (χ0n) is 8.60. The Morgan fingerprint density at radius 3 is 2.93 bits per heavy atom. The number of Topliss-reactive ketones (excluding diaryl/α,β-unsaturated/α-hetero) is 1. The molecule has 0 fully saturated rings. The minimum atomic E-state index is 0.104. The second-order valence-electron chi connectivity index (χ2n) is 3.29. The molecular weight excluding hydrogens is 194 g/mol. The van der Waals surface area contributed by atoms with Crippen LogP contribution in [0.1, 0.15) is 12.6 Å². The van der Waals surface area contributed by atoms with Gasteiger partial charge in [-0.2, -0.15) is 0 Å². The van der Waals surface area contributed by atoms with Gasteiger partial charge in [0.25, 0.3) is 0 Å². The Morgan fingerprint density at radius 2 is 2.27 bits per heavy atom. The monoisotopic (exact) mass is 205 g/mol. The van der Waals surface area contributed by atoms with Crippen LogP contribution < -0.4 is 4.74 Å². The number of carbonyl (C=O) groups is 1. The van der Waals surface area contributed by atoms with E-state index < -0.39 is 0 Å². The molecule has 15 heavy (non-hydrogen) atoms. The SMILES string of the molecule is COc1cn2c(CC(C)=O)cnc2cn1. The number of rotatable bonds is 3. The number of nitrogens with zero attached hydrogens (tertiary/aromatic N) is 3. The number of hydrogen-bond donors (Lipinski definition) is 0. The Morgan fingerprint density at radius 1 is 1.47 bits per heavy atom. The molecular formula is C10H11N3O2. The molecule has 2 aromatic heterocycles. The van der Waals surface area contributed by atoms with Crippen LogP contribution in [0.3, 0.4) is 0 Å². The fraction of sp³-hybridized carbons (Fsp3) is 0.300. The van der Waals surface area contributed by atoms with Crippen LogP contribution in [0.15, 0.2) is 18.6 Å². The number of aromatic nitrogens is 3. The average Bonchev–Trinajstić information content (AvgIpc) is 2.60. The predicted molar refractivity (Wildman–Crippen MR) is 53.9 cm³/mol. The minimum absolute atomic E-state index is 0.104. The molecule has 0 atom stereocenters. The van der Waals surface area contributed by atoms with Gasteiger partial charge in [-0.3, -0.25) is 9.20 Å². The van der Waals surface area contributed by atoms with E-state index in [1.807, 2.05) is 4.40 Å². The zero-order valence-corrected chi connectivity index (χ0v) is 8.60. The van der Waals surface area contributed by atoms with Crippen molar-refractivity contribution in [3.63, 3.8) is 0 Å². The Kier molecular flexibility index (Phi) is 2.37. The van der Waals surface area contributed by atoms with Gasteiger partial charge in [0.1, 0.15) is 5.78 Å². The van der Waals surface area contributed by atoms with Crippen LogP contribution in [0, 0.1) is 0 Å². The highest BCUT2D eigenvalue weighted by Crippen LogP contribution is 2.11. The van der Waals surface area contributed by atoms with Crippen molar-refractivity contribution in [3.05, 3.63) is 24.3 Å². The molecule has 0 bridgehead atoms. The standard InChI is InChI=1S/C10H11N3O2/c1-7(14)3-8-4-11-9-5-12-10(15-2)6-13(8)9/h4-6H,3H2,1-2H3. The first-order chi connectivity index (χ1) is 7.20. The second-order valence-corrected chi connectivity index (χ2v) is 3.29. The van der Waals surface area contributed by atoms with Crippen molar-refractivity contribution in [1.82, 2.24) is 14.4 Å². The van der Waals surface area contributed by atoms with Gasteiger partial charge in [0.05, 0.1) is 25.2 Å². The summed E-state index contributed by atoms with van der Waals surface area (Å²) in [6.07, 6.45) is 5.38. The Labute approximate surface area is 86.7 Å². The molecule has 2 heterocycles. The highest BCUT2D eigenvalue weighted by molar-refractivity contribution is 5.77. The van der Waals surface area contributed by atoms with Crippen LogP contribution in [-0.2, 0) is 11.2 Å². The summed E-state index contributed by atoms with van der Waals surface area (Å²) in [4.78, 5) is 19.2. The van der Waals surface area contributed by atoms with Crippen LogP contribution >= 0.6 is 0 Å². The zero-order chi connectivity index (χ0) is 10.8. The lowest BCUT2D eigenvalue weighted by Gasteiger charge is -2.01. The van der Waals surface area contributed by atoms with Gasteiger partial charge < -0.3 is 4.74 Å². The fourth-order valence-corrected chi connectivity index (χ4v) is 1.41. The van der Waals surface area contributed by atoms with Crippen LogP contribution in [0.4, 0.5) is 0 Å². The van der Waals surface area contributed by atoms with E-state index in [9.17, 15) is 4.79 Å². The largest absolute Gasteiger partial charge is 0.480 e. The lowest BCUT2D eigenvalue weighted by Crippen LogP contribution is -2.01. The third-order valence-corrected chi connectivity index (χ3v) is 2.09. The lowest BCUT2D eigenvalue weighted by atomic mass is 10.2. The number of carbonyl (C=O) groups excluding carboxylic acids is 1. The maximum Gasteiger partial charge on any atom is 0.230 e. The first kappa shape index (κ1) is 9.64. The van der Waals surface area contributed by atoms with Gasteiger partial charge >= 0.3 is 0 Å². The van der Waals surface area contributed by atoms with E-state index in [2.05, 4.69) is 9.97 Å². The Bertz CT molecular complexity index is 504. The molecule has 0 spiro atoms. The highest BCUT2D eigenvalue weighted by Gasteiger charge is 2.06. The maximum atomic E-state index is 11.0. The summed E-state index contributed by atoms with van der Waals surface area (Å²) in [5, 5.41) is 0. The van der Waals surface area contributed by atoms with Crippen molar-refractivity contribution in [2.75, 3.05) is 7.11 Å². The Balaban J connectivity index is 2.51. The maximum absolute atomic E-state index is 11.0. The van der Waals surface area contributed by atoms with Crippen molar-refractivity contribution in [1.29, 1.82) is 0 Å². The van der Waals surface area contributed by atoms with Gasteiger partial charge in [-0.15, -0.1) is 0 Å². The normalized spacial score (nSPS) is 10.5. The average molecular weight is 205 g/mol. The van der Waals surface area contributed by atoms with Crippen molar-refractivity contribution in [2.24, 2.45) is 0 Å². The van der Waals surface area contributed by atoms with Gasteiger partial charge in [-0.1, -0.05) is 0 Å². The summed E-state index contributed by atoms with van der Waals surface area (Å²) >= 11 is 0. The molecule has 2 aromatic rings. The molecule has 78 valence electrons. The summed E-state index contributed by atoms with van der Waals surface area (Å²) in [5.74, 6) is 0.609. The van der Waals surface area contributed by atoms with E-state index in [0.717, 1.165) is 5.69 Å².